The van der Waals surface area contributed by atoms with Crippen LogP contribution in [0.4, 0.5) is 5.69 Å². The van der Waals surface area contributed by atoms with Crippen LogP contribution in [0.3, 0.4) is 0 Å². The van der Waals surface area contributed by atoms with E-state index in [1.807, 2.05) is 31.2 Å². The molecule has 1 fully saturated rings. The standard InChI is InChI=1S/C16H20N2O4/c1-10-3-5-12(6-4-10)18-8-7-13(15(18)20)14(19)17-9-11(2)16(21)22/h3-6,11,13H,7-9H2,1-2H3,(H,17,19)(H,21,22)/t11-,13+/m0/s1. The lowest BCUT2D eigenvalue weighted by Gasteiger charge is -2.17. The molecular weight excluding hydrogens is 284 g/mol. The van der Waals surface area contributed by atoms with E-state index in [4.69, 9.17) is 5.11 Å². The van der Waals surface area contributed by atoms with Crippen LogP contribution in [0.15, 0.2) is 24.3 Å². The maximum Gasteiger partial charge on any atom is 0.308 e. The summed E-state index contributed by atoms with van der Waals surface area (Å²) in [6, 6.07) is 7.56. The molecule has 0 unspecified atom stereocenters. The van der Waals surface area contributed by atoms with Gasteiger partial charge >= 0.3 is 5.97 Å². The van der Waals surface area contributed by atoms with Crippen molar-refractivity contribution in [3.05, 3.63) is 29.8 Å². The molecule has 1 aromatic rings. The molecule has 1 aliphatic rings. The first kappa shape index (κ1) is 16.0. The van der Waals surface area contributed by atoms with E-state index in [-0.39, 0.29) is 12.5 Å². The van der Waals surface area contributed by atoms with Crippen molar-refractivity contribution in [2.45, 2.75) is 20.3 Å². The van der Waals surface area contributed by atoms with Gasteiger partial charge in [0.05, 0.1) is 5.92 Å². The van der Waals surface area contributed by atoms with Crippen molar-refractivity contribution in [1.29, 1.82) is 0 Å². The summed E-state index contributed by atoms with van der Waals surface area (Å²) in [5.74, 6) is -3.01. The van der Waals surface area contributed by atoms with E-state index in [2.05, 4.69) is 5.32 Å². The third-order valence-electron chi connectivity index (χ3n) is 3.87. The summed E-state index contributed by atoms with van der Waals surface area (Å²) in [5, 5.41) is 11.3. The number of carboxylic acid groups (broad SMARTS) is 1. The summed E-state index contributed by atoms with van der Waals surface area (Å²) < 4.78 is 0. The summed E-state index contributed by atoms with van der Waals surface area (Å²) in [6.07, 6.45) is 0.444. The van der Waals surface area contributed by atoms with E-state index in [1.165, 1.54) is 6.92 Å². The van der Waals surface area contributed by atoms with E-state index in [0.29, 0.717) is 13.0 Å². The molecule has 22 heavy (non-hydrogen) atoms. The Hall–Kier alpha value is -2.37. The monoisotopic (exact) mass is 304 g/mol. The van der Waals surface area contributed by atoms with E-state index in [0.717, 1.165) is 11.3 Å². The third-order valence-corrected chi connectivity index (χ3v) is 3.87. The lowest BCUT2D eigenvalue weighted by Crippen LogP contribution is -2.39. The number of aryl methyl sites for hydroxylation is 1. The molecule has 0 saturated carbocycles. The zero-order valence-corrected chi connectivity index (χ0v) is 12.7. The molecule has 1 heterocycles. The first-order valence-corrected chi connectivity index (χ1v) is 7.28. The first-order valence-electron chi connectivity index (χ1n) is 7.28. The van der Waals surface area contributed by atoms with Gasteiger partial charge in [-0.2, -0.15) is 0 Å². The fourth-order valence-corrected chi connectivity index (χ4v) is 2.37. The molecule has 6 nitrogen and oxygen atoms in total. The minimum Gasteiger partial charge on any atom is -0.481 e. The van der Waals surface area contributed by atoms with Crippen molar-refractivity contribution in [2.24, 2.45) is 11.8 Å². The molecule has 1 aliphatic heterocycles. The van der Waals surface area contributed by atoms with Crippen molar-refractivity contribution in [1.82, 2.24) is 5.32 Å². The largest absolute Gasteiger partial charge is 0.481 e. The molecule has 2 rings (SSSR count). The molecule has 0 aromatic heterocycles. The molecule has 0 radical (unpaired) electrons. The summed E-state index contributed by atoms with van der Waals surface area (Å²) in [7, 11) is 0. The number of nitrogens with one attached hydrogen (secondary N) is 1. The highest BCUT2D eigenvalue weighted by Crippen LogP contribution is 2.25. The maximum atomic E-state index is 12.4. The van der Waals surface area contributed by atoms with Crippen LogP contribution in [0.2, 0.25) is 0 Å². The zero-order valence-electron chi connectivity index (χ0n) is 12.7. The second-order valence-electron chi connectivity index (χ2n) is 5.65. The predicted molar refractivity (Wildman–Crippen MR) is 81.4 cm³/mol. The number of anilines is 1. The van der Waals surface area contributed by atoms with Gasteiger partial charge in [-0.3, -0.25) is 14.4 Å². The number of nitrogens with zero attached hydrogens (tertiary/aromatic N) is 1. The second-order valence-corrected chi connectivity index (χ2v) is 5.65. The number of carboxylic acids is 1. The van der Waals surface area contributed by atoms with E-state index >= 15 is 0 Å². The maximum absolute atomic E-state index is 12.4. The van der Waals surface area contributed by atoms with Crippen LogP contribution in [0, 0.1) is 18.8 Å². The molecule has 1 saturated heterocycles. The summed E-state index contributed by atoms with van der Waals surface area (Å²) >= 11 is 0. The minimum atomic E-state index is -0.973. The summed E-state index contributed by atoms with van der Waals surface area (Å²) in [6.45, 7) is 4.00. The first-order chi connectivity index (χ1) is 10.4. The average Bonchev–Trinajstić information content (AvgIpc) is 2.87. The highest BCUT2D eigenvalue weighted by atomic mass is 16.4. The minimum absolute atomic E-state index is 0.0302. The molecule has 2 N–H and O–H groups in total. The molecule has 1 aromatic carbocycles. The molecule has 6 heteroatoms. The number of benzene rings is 1. The van der Waals surface area contributed by atoms with Gasteiger partial charge in [0.15, 0.2) is 0 Å². The molecule has 118 valence electrons. The number of carbonyl (C=O) groups excluding carboxylic acids is 2. The van der Waals surface area contributed by atoms with E-state index < -0.39 is 23.7 Å². The van der Waals surface area contributed by atoms with Crippen molar-refractivity contribution in [3.63, 3.8) is 0 Å². The number of carbonyl (C=O) groups is 3. The smallest absolute Gasteiger partial charge is 0.308 e. The Morgan fingerprint density at radius 3 is 2.59 bits per heavy atom. The van der Waals surface area contributed by atoms with Crippen LogP contribution in [0.1, 0.15) is 18.9 Å². The van der Waals surface area contributed by atoms with Crippen LogP contribution in [-0.2, 0) is 14.4 Å². The molecule has 2 amide bonds. The Morgan fingerprint density at radius 1 is 1.36 bits per heavy atom. The quantitative estimate of drug-likeness (QED) is 0.800. The summed E-state index contributed by atoms with van der Waals surface area (Å²) in [5.41, 5.74) is 1.89. The zero-order chi connectivity index (χ0) is 16.3. The number of aliphatic carboxylic acids is 1. The summed E-state index contributed by atoms with van der Waals surface area (Å²) in [4.78, 5) is 36.8. The highest BCUT2D eigenvalue weighted by Gasteiger charge is 2.37. The van der Waals surface area contributed by atoms with Gasteiger partial charge in [0.2, 0.25) is 11.8 Å². The lowest BCUT2D eigenvalue weighted by atomic mass is 10.1. The fraction of sp³-hybridized carbons (Fsp3) is 0.438. The molecule has 0 bridgehead atoms. The van der Waals surface area contributed by atoms with Crippen LogP contribution < -0.4 is 10.2 Å². The fourth-order valence-electron chi connectivity index (χ4n) is 2.37. The Labute approximate surface area is 129 Å². The van der Waals surface area contributed by atoms with Crippen molar-refractivity contribution in [2.75, 3.05) is 18.0 Å². The normalized spacial score (nSPS) is 19.1. The predicted octanol–water partition coefficient (Wildman–Crippen LogP) is 1.18. The third kappa shape index (κ3) is 3.44. The number of hydrogen-bond acceptors (Lipinski definition) is 3. The van der Waals surface area contributed by atoms with Crippen LogP contribution in [-0.4, -0.2) is 36.0 Å². The second kappa shape index (κ2) is 6.60. The van der Waals surface area contributed by atoms with Crippen LogP contribution in [0.5, 0.6) is 0 Å². The molecule has 2 atom stereocenters. The highest BCUT2D eigenvalue weighted by molar-refractivity contribution is 6.09. The van der Waals surface area contributed by atoms with Crippen LogP contribution in [0.25, 0.3) is 0 Å². The Kier molecular flexibility index (Phi) is 4.80. The van der Waals surface area contributed by atoms with Crippen molar-refractivity contribution in [3.8, 4) is 0 Å². The topological polar surface area (TPSA) is 86.7 Å². The lowest BCUT2D eigenvalue weighted by molar-refractivity contribution is -0.141. The van der Waals surface area contributed by atoms with E-state index in [9.17, 15) is 14.4 Å². The Morgan fingerprint density at radius 2 is 2.00 bits per heavy atom. The van der Waals surface area contributed by atoms with Gasteiger partial charge in [-0.25, -0.2) is 0 Å². The van der Waals surface area contributed by atoms with Crippen molar-refractivity contribution < 1.29 is 19.5 Å². The van der Waals surface area contributed by atoms with Gasteiger partial charge in [0.1, 0.15) is 5.92 Å². The van der Waals surface area contributed by atoms with Gasteiger partial charge in [0.25, 0.3) is 0 Å². The van der Waals surface area contributed by atoms with Crippen LogP contribution >= 0.6 is 0 Å². The Balaban J connectivity index is 1.97. The van der Waals surface area contributed by atoms with Gasteiger partial charge in [-0.1, -0.05) is 24.6 Å². The Bertz CT molecular complexity index is 582. The van der Waals surface area contributed by atoms with Gasteiger partial charge in [-0.05, 0) is 25.5 Å². The molecular formula is C16H20N2O4. The SMILES string of the molecule is Cc1ccc(N2CC[C@H](C(=O)NC[C@H](C)C(=O)O)C2=O)cc1. The van der Waals surface area contributed by atoms with Crippen molar-refractivity contribution >= 4 is 23.5 Å². The molecule has 0 aliphatic carbocycles. The number of rotatable bonds is 5. The van der Waals surface area contributed by atoms with Gasteiger partial charge < -0.3 is 15.3 Å². The number of amides is 2. The number of hydrogen-bond donors (Lipinski definition) is 2. The molecule has 0 spiro atoms. The average molecular weight is 304 g/mol. The van der Waals surface area contributed by atoms with Gasteiger partial charge in [0, 0.05) is 18.8 Å². The van der Waals surface area contributed by atoms with Gasteiger partial charge in [-0.15, -0.1) is 0 Å². The van der Waals surface area contributed by atoms with E-state index in [1.54, 1.807) is 4.90 Å².